The van der Waals surface area contributed by atoms with Crippen molar-refractivity contribution in [3.05, 3.63) is 30.5 Å². The molecule has 0 radical (unpaired) electrons. The largest absolute Gasteiger partial charge is 0.399 e. The third-order valence-electron chi connectivity index (χ3n) is 2.52. The fraction of sp³-hybridized carbons (Fsp3) is 0.308. The van der Waals surface area contributed by atoms with E-state index in [1.165, 1.54) is 10.3 Å². The molecule has 90 valence electrons. The van der Waals surface area contributed by atoms with E-state index in [0.29, 0.717) is 0 Å². The van der Waals surface area contributed by atoms with Gasteiger partial charge in [0.1, 0.15) is 0 Å². The highest BCUT2D eigenvalue weighted by atomic mass is 32.2. The quantitative estimate of drug-likeness (QED) is 0.666. The Morgan fingerprint density at radius 3 is 2.88 bits per heavy atom. The first kappa shape index (κ1) is 12.2. The summed E-state index contributed by atoms with van der Waals surface area (Å²) in [4.78, 5) is 7.81. The molecular formula is C13H17N3S. The monoisotopic (exact) mass is 247 g/mol. The number of nitrogens with two attached hydrogens (primary N) is 1. The first-order valence-electron chi connectivity index (χ1n) is 5.58. The number of hydrogen-bond acceptors (Lipinski definition) is 4. The molecule has 17 heavy (non-hydrogen) atoms. The number of fused-ring (bicyclic) bond motifs is 1. The molecule has 0 bridgehead atoms. The lowest BCUT2D eigenvalue weighted by molar-refractivity contribution is 0.437. The Kier molecular flexibility index (Phi) is 3.86. The first-order valence-corrected chi connectivity index (χ1v) is 6.57. The maximum atomic E-state index is 5.76. The van der Waals surface area contributed by atoms with Gasteiger partial charge in [-0.15, -0.1) is 11.8 Å². The second-order valence-electron chi connectivity index (χ2n) is 4.24. The highest BCUT2D eigenvalue weighted by Crippen LogP contribution is 2.27. The van der Waals surface area contributed by atoms with E-state index in [2.05, 4.69) is 36.1 Å². The van der Waals surface area contributed by atoms with Crippen molar-refractivity contribution >= 4 is 28.4 Å². The Bertz CT molecular complexity index is 511. The van der Waals surface area contributed by atoms with E-state index in [0.717, 1.165) is 23.5 Å². The summed E-state index contributed by atoms with van der Waals surface area (Å²) in [6, 6.07) is 7.97. The standard InChI is InChI=1S/C13H17N3S/c1-16(2)7-8-17-13-5-6-15-12-9-10(14)3-4-11(12)13/h3-6,9H,7-8,14H2,1-2H3. The molecule has 2 N–H and O–H groups in total. The van der Waals surface area contributed by atoms with Gasteiger partial charge in [0, 0.05) is 34.5 Å². The van der Waals surface area contributed by atoms with Crippen molar-refractivity contribution in [3.8, 4) is 0 Å². The molecule has 1 aromatic carbocycles. The van der Waals surface area contributed by atoms with Gasteiger partial charge in [-0.05, 0) is 38.4 Å². The van der Waals surface area contributed by atoms with E-state index >= 15 is 0 Å². The normalized spacial score (nSPS) is 11.2. The summed E-state index contributed by atoms with van der Waals surface area (Å²) in [5, 5.41) is 1.19. The molecule has 1 heterocycles. The molecule has 1 aromatic heterocycles. The number of hydrogen-bond donors (Lipinski definition) is 1. The van der Waals surface area contributed by atoms with Gasteiger partial charge in [0.2, 0.25) is 0 Å². The summed E-state index contributed by atoms with van der Waals surface area (Å²) < 4.78 is 0. The third-order valence-corrected chi connectivity index (χ3v) is 3.58. The molecular weight excluding hydrogens is 230 g/mol. The second-order valence-corrected chi connectivity index (χ2v) is 5.37. The van der Waals surface area contributed by atoms with Crippen molar-refractivity contribution in [1.29, 1.82) is 0 Å². The minimum absolute atomic E-state index is 0.764. The molecule has 0 spiro atoms. The minimum atomic E-state index is 0.764. The van der Waals surface area contributed by atoms with E-state index in [-0.39, 0.29) is 0 Å². The molecule has 0 saturated carbocycles. The third kappa shape index (κ3) is 3.11. The lowest BCUT2D eigenvalue weighted by Crippen LogP contribution is -2.14. The SMILES string of the molecule is CN(C)CCSc1ccnc2cc(N)ccc12. The average molecular weight is 247 g/mol. The molecule has 0 atom stereocenters. The summed E-state index contributed by atoms with van der Waals surface area (Å²) in [5.41, 5.74) is 7.50. The van der Waals surface area contributed by atoms with Gasteiger partial charge in [0.25, 0.3) is 0 Å². The van der Waals surface area contributed by atoms with Crippen molar-refractivity contribution < 1.29 is 0 Å². The molecule has 2 aromatic rings. The van der Waals surface area contributed by atoms with Crippen LogP contribution in [0.25, 0.3) is 10.9 Å². The number of pyridine rings is 1. The molecule has 4 heteroatoms. The summed E-state index contributed by atoms with van der Waals surface area (Å²) in [5.74, 6) is 1.08. The van der Waals surface area contributed by atoms with Gasteiger partial charge in [-0.1, -0.05) is 0 Å². The van der Waals surface area contributed by atoms with Crippen molar-refractivity contribution in [1.82, 2.24) is 9.88 Å². The molecule has 0 unspecified atom stereocenters. The van der Waals surface area contributed by atoms with Crippen LogP contribution in [0.3, 0.4) is 0 Å². The zero-order valence-corrected chi connectivity index (χ0v) is 11.0. The number of anilines is 1. The summed E-state index contributed by atoms with van der Waals surface area (Å²) in [7, 11) is 4.18. The molecule has 2 rings (SSSR count). The number of thioether (sulfide) groups is 1. The summed E-state index contributed by atoms with van der Waals surface area (Å²) >= 11 is 1.86. The van der Waals surface area contributed by atoms with Gasteiger partial charge in [-0.3, -0.25) is 4.98 Å². The van der Waals surface area contributed by atoms with Gasteiger partial charge in [-0.25, -0.2) is 0 Å². The van der Waals surface area contributed by atoms with Gasteiger partial charge < -0.3 is 10.6 Å². The maximum Gasteiger partial charge on any atom is 0.0733 e. The fourth-order valence-corrected chi connectivity index (χ4v) is 2.76. The molecule has 0 saturated heterocycles. The van der Waals surface area contributed by atoms with Crippen LogP contribution in [0.5, 0.6) is 0 Å². The Labute approximate surface area is 106 Å². The van der Waals surface area contributed by atoms with Crippen LogP contribution in [0.1, 0.15) is 0 Å². The molecule has 0 fully saturated rings. The van der Waals surface area contributed by atoms with E-state index < -0.39 is 0 Å². The predicted molar refractivity (Wildman–Crippen MR) is 75.4 cm³/mol. The first-order chi connectivity index (χ1) is 8.16. The molecule has 0 aliphatic rings. The average Bonchev–Trinajstić information content (AvgIpc) is 2.28. The summed E-state index contributed by atoms with van der Waals surface area (Å²) in [6.45, 7) is 1.07. The fourth-order valence-electron chi connectivity index (χ4n) is 1.60. The smallest absolute Gasteiger partial charge is 0.0733 e. The molecule has 0 aliphatic carbocycles. The van der Waals surface area contributed by atoms with Gasteiger partial charge >= 0.3 is 0 Å². The lowest BCUT2D eigenvalue weighted by atomic mass is 10.2. The zero-order chi connectivity index (χ0) is 12.3. The Balaban J connectivity index is 2.22. The zero-order valence-electron chi connectivity index (χ0n) is 10.2. The molecule has 3 nitrogen and oxygen atoms in total. The van der Waals surface area contributed by atoms with Crippen LogP contribution in [0.15, 0.2) is 35.4 Å². The molecule has 0 aliphatic heterocycles. The topological polar surface area (TPSA) is 42.2 Å². The minimum Gasteiger partial charge on any atom is -0.399 e. The van der Waals surface area contributed by atoms with Crippen molar-refractivity contribution in [2.24, 2.45) is 0 Å². The lowest BCUT2D eigenvalue weighted by Gasteiger charge is -2.10. The van der Waals surface area contributed by atoms with Crippen molar-refractivity contribution in [3.63, 3.8) is 0 Å². The number of benzene rings is 1. The predicted octanol–water partition coefficient (Wildman–Crippen LogP) is 2.47. The second kappa shape index (κ2) is 5.38. The van der Waals surface area contributed by atoms with Crippen molar-refractivity contribution in [2.45, 2.75) is 4.90 Å². The van der Waals surface area contributed by atoms with E-state index in [1.807, 2.05) is 30.1 Å². The van der Waals surface area contributed by atoms with Gasteiger partial charge in [0.15, 0.2) is 0 Å². The van der Waals surface area contributed by atoms with Crippen LogP contribution < -0.4 is 5.73 Å². The highest BCUT2D eigenvalue weighted by molar-refractivity contribution is 7.99. The van der Waals surface area contributed by atoms with Crippen LogP contribution >= 0.6 is 11.8 Å². The summed E-state index contributed by atoms with van der Waals surface area (Å²) in [6.07, 6.45) is 1.85. The number of aromatic nitrogens is 1. The number of nitrogens with zero attached hydrogens (tertiary/aromatic N) is 2. The van der Waals surface area contributed by atoms with Crippen LogP contribution in [0.4, 0.5) is 5.69 Å². The Hall–Kier alpha value is -1.26. The van der Waals surface area contributed by atoms with Crippen LogP contribution in [0.2, 0.25) is 0 Å². The highest BCUT2D eigenvalue weighted by Gasteiger charge is 2.03. The van der Waals surface area contributed by atoms with E-state index in [4.69, 9.17) is 5.73 Å². The van der Waals surface area contributed by atoms with Crippen LogP contribution in [-0.2, 0) is 0 Å². The Morgan fingerprint density at radius 2 is 2.12 bits per heavy atom. The van der Waals surface area contributed by atoms with Crippen molar-refractivity contribution in [2.75, 3.05) is 32.1 Å². The van der Waals surface area contributed by atoms with E-state index in [9.17, 15) is 0 Å². The number of rotatable bonds is 4. The molecule has 0 amide bonds. The number of nitrogen functional groups attached to an aromatic ring is 1. The van der Waals surface area contributed by atoms with E-state index in [1.54, 1.807) is 0 Å². The van der Waals surface area contributed by atoms with Gasteiger partial charge in [0.05, 0.1) is 5.52 Å². The van der Waals surface area contributed by atoms with Gasteiger partial charge in [-0.2, -0.15) is 0 Å². The Morgan fingerprint density at radius 1 is 1.29 bits per heavy atom. The van der Waals surface area contributed by atoms with Crippen LogP contribution in [-0.4, -0.2) is 36.3 Å². The van der Waals surface area contributed by atoms with Crippen LogP contribution in [0, 0.1) is 0 Å². The maximum absolute atomic E-state index is 5.76.